The van der Waals surface area contributed by atoms with Crippen LogP contribution < -0.4 is 5.32 Å². The number of halogens is 3. The minimum Gasteiger partial charge on any atom is -0.390 e. The summed E-state index contributed by atoms with van der Waals surface area (Å²) in [7, 11) is 0. The number of benzene rings is 1. The monoisotopic (exact) mass is 305 g/mol. The molecule has 0 amide bonds. The molecular formula is C15H22F3NO2. The van der Waals surface area contributed by atoms with E-state index in [-0.39, 0.29) is 13.0 Å². The smallest absolute Gasteiger partial charge is 0.390 e. The van der Waals surface area contributed by atoms with Crippen LogP contribution in [0.3, 0.4) is 0 Å². The van der Waals surface area contributed by atoms with E-state index in [2.05, 4.69) is 5.32 Å². The fraction of sp³-hybridized carbons (Fsp3) is 0.600. The molecule has 1 aromatic carbocycles. The minimum absolute atomic E-state index is 0.0194. The Morgan fingerprint density at radius 3 is 2.33 bits per heavy atom. The molecule has 6 heteroatoms. The summed E-state index contributed by atoms with van der Waals surface area (Å²) < 4.78 is 37.8. The van der Waals surface area contributed by atoms with Gasteiger partial charge in [-0.2, -0.15) is 13.2 Å². The molecule has 0 aromatic heterocycles. The average Bonchev–Trinajstić information content (AvgIpc) is 2.37. The van der Waals surface area contributed by atoms with E-state index in [0.717, 1.165) is 12.1 Å². The zero-order valence-corrected chi connectivity index (χ0v) is 12.2. The molecule has 0 spiro atoms. The molecule has 3 nitrogen and oxygen atoms in total. The third-order valence-electron chi connectivity index (χ3n) is 3.05. The molecule has 3 N–H and O–H groups in total. The lowest BCUT2D eigenvalue weighted by atomic mass is 10.0. The van der Waals surface area contributed by atoms with Crippen LogP contribution in [0.5, 0.6) is 0 Å². The van der Waals surface area contributed by atoms with Crippen LogP contribution in [0, 0.1) is 5.92 Å². The lowest BCUT2D eigenvalue weighted by molar-refractivity contribution is -0.137. The van der Waals surface area contributed by atoms with Gasteiger partial charge in [-0.3, -0.25) is 0 Å². The minimum atomic E-state index is -4.40. The van der Waals surface area contributed by atoms with Crippen molar-refractivity contribution in [2.45, 2.75) is 38.7 Å². The predicted octanol–water partition coefficient (Wildman–Crippen LogP) is 2.22. The number of nitrogens with one attached hydrogen (secondary N) is 1. The molecule has 0 saturated heterocycles. The fourth-order valence-electron chi connectivity index (χ4n) is 1.91. The van der Waals surface area contributed by atoms with Crippen LogP contribution in [0.15, 0.2) is 24.3 Å². The van der Waals surface area contributed by atoms with Crippen molar-refractivity contribution in [2.24, 2.45) is 5.92 Å². The third kappa shape index (κ3) is 6.46. The zero-order chi connectivity index (χ0) is 16.0. The molecule has 0 saturated carbocycles. The molecule has 0 unspecified atom stereocenters. The van der Waals surface area contributed by atoms with E-state index in [9.17, 15) is 23.4 Å². The summed E-state index contributed by atoms with van der Waals surface area (Å²) >= 11 is 0. The van der Waals surface area contributed by atoms with Crippen LogP contribution in [-0.4, -0.2) is 35.5 Å². The molecule has 0 heterocycles. The molecule has 1 aromatic rings. The Kier molecular flexibility index (Phi) is 6.64. The summed E-state index contributed by atoms with van der Waals surface area (Å²) in [6.07, 6.45) is -6.54. The molecule has 0 aliphatic heterocycles. The second kappa shape index (κ2) is 7.77. The van der Waals surface area contributed by atoms with Crippen molar-refractivity contribution in [3.05, 3.63) is 35.4 Å². The maximum atomic E-state index is 12.6. The van der Waals surface area contributed by atoms with Gasteiger partial charge in [-0.1, -0.05) is 32.0 Å². The van der Waals surface area contributed by atoms with Gasteiger partial charge in [0.2, 0.25) is 0 Å². The van der Waals surface area contributed by atoms with E-state index in [4.69, 9.17) is 0 Å². The van der Waals surface area contributed by atoms with Gasteiger partial charge >= 0.3 is 6.18 Å². The highest BCUT2D eigenvalue weighted by Gasteiger charge is 2.30. The maximum absolute atomic E-state index is 12.6. The number of hydrogen-bond donors (Lipinski definition) is 3. The molecule has 0 aliphatic carbocycles. The van der Waals surface area contributed by atoms with Crippen molar-refractivity contribution in [3.8, 4) is 0 Å². The molecule has 0 aliphatic rings. The second-order valence-corrected chi connectivity index (χ2v) is 5.59. The van der Waals surface area contributed by atoms with Gasteiger partial charge in [-0.25, -0.2) is 0 Å². The lowest BCUT2D eigenvalue weighted by Crippen LogP contribution is -2.38. The largest absolute Gasteiger partial charge is 0.416 e. The van der Waals surface area contributed by atoms with Gasteiger partial charge in [-0.15, -0.1) is 0 Å². The summed E-state index contributed by atoms with van der Waals surface area (Å²) in [6.45, 7) is 4.93. The standard InChI is InChI=1S/C15H22F3NO2/c1-10(2)8-19-9-14(21)13(20)7-11-4-3-5-12(6-11)15(16,17)18/h3-6,10,13-14,19-21H,7-9H2,1-2H3/t13-,14-/m1/s1. The number of aliphatic hydroxyl groups excluding tert-OH is 2. The van der Waals surface area contributed by atoms with Gasteiger partial charge in [-0.05, 0) is 24.1 Å². The number of rotatable bonds is 7. The molecule has 0 radical (unpaired) electrons. The van der Waals surface area contributed by atoms with Crippen LogP contribution >= 0.6 is 0 Å². The lowest BCUT2D eigenvalue weighted by Gasteiger charge is -2.19. The molecule has 0 fully saturated rings. The van der Waals surface area contributed by atoms with Crippen molar-refractivity contribution in [2.75, 3.05) is 13.1 Å². The van der Waals surface area contributed by atoms with Gasteiger partial charge in [0, 0.05) is 13.0 Å². The number of alkyl halides is 3. The van der Waals surface area contributed by atoms with Gasteiger partial charge in [0.25, 0.3) is 0 Å². The highest BCUT2D eigenvalue weighted by Crippen LogP contribution is 2.29. The molecular weight excluding hydrogens is 283 g/mol. The summed E-state index contributed by atoms with van der Waals surface area (Å²) in [6, 6.07) is 4.79. The van der Waals surface area contributed by atoms with Crippen molar-refractivity contribution < 1.29 is 23.4 Å². The first-order chi connectivity index (χ1) is 9.70. The quantitative estimate of drug-likeness (QED) is 0.724. The molecule has 120 valence electrons. The first kappa shape index (κ1) is 17.9. The van der Waals surface area contributed by atoms with Crippen molar-refractivity contribution in [1.82, 2.24) is 5.32 Å². The molecule has 2 atom stereocenters. The van der Waals surface area contributed by atoms with Gasteiger partial charge in [0.1, 0.15) is 0 Å². The van der Waals surface area contributed by atoms with Crippen LogP contribution in [0.2, 0.25) is 0 Å². The van der Waals surface area contributed by atoms with Crippen LogP contribution in [-0.2, 0) is 12.6 Å². The Balaban J connectivity index is 2.56. The Morgan fingerprint density at radius 2 is 1.76 bits per heavy atom. The normalized spacial score (nSPS) is 15.2. The summed E-state index contributed by atoms with van der Waals surface area (Å²) in [5.74, 6) is 0.415. The van der Waals surface area contributed by atoms with Crippen LogP contribution in [0.25, 0.3) is 0 Å². The van der Waals surface area contributed by atoms with Gasteiger partial charge in [0.15, 0.2) is 0 Å². The SMILES string of the molecule is CC(C)CNC[C@@H](O)[C@H](O)Cc1cccc(C(F)(F)F)c1. The molecule has 21 heavy (non-hydrogen) atoms. The summed E-state index contributed by atoms with van der Waals surface area (Å²) in [5.41, 5.74) is -0.403. The van der Waals surface area contributed by atoms with Crippen molar-refractivity contribution in [1.29, 1.82) is 0 Å². The van der Waals surface area contributed by atoms with E-state index in [0.29, 0.717) is 18.0 Å². The fourth-order valence-corrected chi connectivity index (χ4v) is 1.91. The third-order valence-corrected chi connectivity index (χ3v) is 3.05. The van der Waals surface area contributed by atoms with E-state index < -0.39 is 23.9 Å². The van der Waals surface area contributed by atoms with E-state index in [1.54, 1.807) is 0 Å². The molecule has 1 rings (SSSR count). The highest BCUT2D eigenvalue weighted by atomic mass is 19.4. The van der Waals surface area contributed by atoms with E-state index in [1.165, 1.54) is 12.1 Å². The van der Waals surface area contributed by atoms with E-state index in [1.807, 2.05) is 13.8 Å². The van der Waals surface area contributed by atoms with E-state index >= 15 is 0 Å². The van der Waals surface area contributed by atoms with Crippen LogP contribution in [0.1, 0.15) is 25.0 Å². The highest BCUT2D eigenvalue weighted by molar-refractivity contribution is 5.26. The topological polar surface area (TPSA) is 52.5 Å². The Bertz CT molecular complexity index is 435. The predicted molar refractivity (Wildman–Crippen MR) is 74.9 cm³/mol. The van der Waals surface area contributed by atoms with Gasteiger partial charge < -0.3 is 15.5 Å². The van der Waals surface area contributed by atoms with Gasteiger partial charge in [0.05, 0.1) is 17.8 Å². The average molecular weight is 305 g/mol. The zero-order valence-electron chi connectivity index (χ0n) is 12.2. The maximum Gasteiger partial charge on any atom is 0.416 e. The number of aliphatic hydroxyl groups is 2. The first-order valence-corrected chi connectivity index (χ1v) is 6.93. The van der Waals surface area contributed by atoms with Crippen LogP contribution in [0.4, 0.5) is 13.2 Å². The second-order valence-electron chi connectivity index (χ2n) is 5.59. The Morgan fingerprint density at radius 1 is 1.10 bits per heavy atom. The summed E-state index contributed by atoms with van der Waals surface area (Å²) in [4.78, 5) is 0. The first-order valence-electron chi connectivity index (χ1n) is 6.93. The number of hydrogen-bond acceptors (Lipinski definition) is 3. The Labute approximate surface area is 122 Å². The van der Waals surface area contributed by atoms with Crippen molar-refractivity contribution in [3.63, 3.8) is 0 Å². The summed E-state index contributed by atoms with van der Waals surface area (Å²) in [5, 5.41) is 22.6. The Hall–Kier alpha value is -1.11. The van der Waals surface area contributed by atoms with Crippen molar-refractivity contribution >= 4 is 0 Å². The molecule has 0 bridgehead atoms.